The number of hydrogen-bond donors (Lipinski definition) is 1. The van der Waals surface area contributed by atoms with Crippen molar-refractivity contribution in [1.29, 1.82) is 0 Å². The van der Waals surface area contributed by atoms with Gasteiger partial charge in [-0.2, -0.15) is 21.6 Å². The van der Waals surface area contributed by atoms with Gasteiger partial charge in [-0.1, -0.05) is 0 Å². The molecule has 47 heavy (non-hydrogen) atoms. The van der Waals surface area contributed by atoms with Crippen LogP contribution in [0.5, 0.6) is 0 Å². The van der Waals surface area contributed by atoms with Crippen LogP contribution in [0, 0.1) is 0 Å². The summed E-state index contributed by atoms with van der Waals surface area (Å²) in [7, 11) is -15.5. The van der Waals surface area contributed by atoms with E-state index in [2.05, 4.69) is 4.18 Å². The second-order valence-electron chi connectivity index (χ2n) is 16.0. The lowest BCUT2D eigenvalue weighted by atomic mass is 10.2. The quantitative estimate of drug-likeness (QED) is 0.127. The van der Waals surface area contributed by atoms with Crippen LogP contribution in [0.4, 0.5) is 13.2 Å². The summed E-state index contributed by atoms with van der Waals surface area (Å²) in [4.78, 5) is 0. The van der Waals surface area contributed by atoms with Crippen LogP contribution >= 0.6 is 23.4 Å². The fraction of sp³-hybridized carbons (Fsp3) is 1.00. The highest BCUT2D eigenvalue weighted by Gasteiger charge is 2.49. The van der Waals surface area contributed by atoms with E-state index in [9.17, 15) is 35.3 Å². The largest absolute Gasteiger partial charge is 0.698 e. The van der Waals surface area contributed by atoms with Gasteiger partial charge in [0, 0.05) is 4.57 Å². The van der Waals surface area contributed by atoms with E-state index in [1.54, 1.807) is 41.5 Å². The van der Waals surface area contributed by atoms with Crippen LogP contribution in [0.1, 0.15) is 125 Å². The number of halogens is 3. The molecule has 0 heterocycles. The van der Waals surface area contributed by atoms with Crippen LogP contribution in [0.3, 0.4) is 0 Å². The maximum atomic E-state index is 12.4. The molecule has 0 aliphatic carbocycles. The first-order valence-electron chi connectivity index (χ1n) is 14.4. The zero-order valence-corrected chi connectivity index (χ0v) is 34.6. The second kappa shape index (κ2) is 18.0. The van der Waals surface area contributed by atoms with Gasteiger partial charge < -0.3 is 23.2 Å². The SMILES string of the molecule is CC(C)(C)OP(=O)(CO)OC(C)(C)C.CC(C)(C)OP(=O)(COS(=O)(=O)C(F)(F)F)OC(C)(C)C.CC(C)(C)O[P+](=O)OC(C)(C)C. The lowest BCUT2D eigenvalue weighted by Gasteiger charge is -2.31. The van der Waals surface area contributed by atoms with Gasteiger partial charge in [-0.15, -0.1) is 9.05 Å². The first-order chi connectivity index (χ1) is 19.9. The van der Waals surface area contributed by atoms with Gasteiger partial charge in [0.1, 0.15) is 17.6 Å². The highest BCUT2D eigenvalue weighted by molar-refractivity contribution is 7.87. The van der Waals surface area contributed by atoms with Crippen molar-refractivity contribution in [3.63, 3.8) is 0 Å². The van der Waals surface area contributed by atoms with Gasteiger partial charge in [-0.3, -0.25) is 13.3 Å². The lowest BCUT2D eigenvalue weighted by molar-refractivity contribution is -0.0538. The van der Waals surface area contributed by atoms with Crippen LogP contribution in [-0.2, 0) is 55.1 Å². The summed E-state index contributed by atoms with van der Waals surface area (Å²) in [6.45, 7) is 30.6. The highest BCUT2D eigenvalue weighted by atomic mass is 32.2. The average molecular weight is 774 g/mol. The summed E-state index contributed by atoms with van der Waals surface area (Å²) < 4.78 is 128. The van der Waals surface area contributed by atoms with Crippen LogP contribution in [0.2, 0.25) is 0 Å². The Labute approximate surface area is 281 Å². The van der Waals surface area contributed by atoms with Gasteiger partial charge in [0.2, 0.25) is 0 Å². The predicted molar refractivity (Wildman–Crippen MR) is 176 cm³/mol. The van der Waals surface area contributed by atoms with Crippen LogP contribution in [0.15, 0.2) is 0 Å². The lowest BCUT2D eigenvalue weighted by Crippen LogP contribution is -2.29. The van der Waals surface area contributed by atoms with E-state index in [0.29, 0.717) is 0 Å². The molecule has 0 saturated heterocycles. The third-order valence-corrected chi connectivity index (χ3v) is 9.83. The van der Waals surface area contributed by atoms with E-state index in [1.165, 1.54) is 41.5 Å². The van der Waals surface area contributed by atoms with Crippen LogP contribution in [-0.4, -0.2) is 65.3 Å². The van der Waals surface area contributed by atoms with E-state index in [4.69, 9.17) is 32.2 Å². The Bertz CT molecular complexity index is 1110. The molecule has 0 atom stereocenters. The first-order valence-corrected chi connectivity index (χ1v) is 20.3. The molecular formula is C27H59F3O13P3S+. The van der Waals surface area contributed by atoms with E-state index in [0.717, 1.165) is 0 Å². The van der Waals surface area contributed by atoms with Gasteiger partial charge >= 0.3 is 39.1 Å². The molecule has 286 valence electrons. The predicted octanol–water partition coefficient (Wildman–Crippen LogP) is 9.67. The van der Waals surface area contributed by atoms with Crippen molar-refractivity contribution in [3.05, 3.63) is 0 Å². The minimum Gasteiger partial charge on any atom is -0.384 e. The molecule has 0 aliphatic rings. The summed E-state index contributed by atoms with van der Waals surface area (Å²) >= 11 is 0. The van der Waals surface area contributed by atoms with Gasteiger partial charge in [-0.05, 0) is 125 Å². The molecule has 0 bridgehead atoms. The summed E-state index contributed by atoms with van der Waals surface area (Å²) in [5.74, 6) is 0. The smallest absolute Gasteiger partial charge is 0.384 e. The molecule has 0 unspecified atom stereocenters. The molecule has 0 spiro atoms. The van der Waals surface area contributed by atoms with E-state index in [1.807, 2.05) is 41.5 Å². The number of hydrogen-bond acceptors (Lipinski definition) is 13. The maximum Gasteiger partial charge on any atom is 0.698 e. The van der Waals surface area contributed by atoms with Crippen molar-refractivity contribution in [2.24, 2.45) is 0 Å². The van der Waals surface area contributed by atoms with Gasteiger partial charge in [0.25, 0.3) is 0 Å². The molecule has 0 radical (unpaired) electrons. The zero-order valence-electron chi connectivity index (χ0n) is 31.1. The van der Waals surface area contributed by atoms with Crippen LogP contribution < -0.4 is 0 Å². The molecule has 0 aromatic carbocycles. The van der Waals surface area contributed by atoms with Crippen molar-refractivity contribution >= 4 is 33.6 Å². The van der Waals surface area contributed by atoms with E-state index in [-0.39, 0.29) is 0 Å². The van der Waals surface area contributed by atoms with Crippen molar-refractivity contribution in [1.82, 2.24) is 0 Å². The summed E-state index contributed by atoms with van der Waals surface area (Å²) in [5.41, 5.74) is -9.70. The molecule has 20 heteroatoms. The monoisotopic (exact) mass is 773 g/mol. The zero-order chi connectivity index (χ0) is 38.9. The molecule has 0 saturated carbocycles. The standard InChI is InChI=1S/C10H20F3O6PS.C9H21O4P.C8H18O3P/c1-8(2,3)18-20(14,19-9(4,5)6)7-17-21(15,16)10(11,12)13;1-8(2,3)12-14(11,7-10)13-9(4,5)6;1-7(2,3)10-12(9)11-8(4,5)6/h7H2,1-6H3;10H,7H2,1-6H3;1-6H3/q;;+1. The van der Waals surface area contributed by atoms with Crippen molar-refractivity contribution < 1.29 is 71.7 Å². The molecule has 0 aromatic rings. The molecule has 0 amide bonds. The highest BCUT2D eigenvalue weighted by Crippen LogP contribution is 2.55. The Morgan fingerprint density at radius 2 is 0.809 bits per heavy atom. The average Bonchev–Trinajstić information content (AvgIpc) is 2.64. The molecule has 0 fully saturated rings. The molecule has 1 N–H and O–H groups in total. The van der Waals surface area contributed by atoms with Gasteiger partial charge in [0.15, 0.2) is 6.35 Å². The Kier molecular flexibility index (Phi) is 19.6. The third kappa shape index (κ3) is 31.7. The fourth-order valence-electron chi connectivity index (χ4n) is 2.48. The van der Waals surface area contributed by atoms with Crippen LogP contribution in [0.25, 0.3) is 0 Å². The molecule has 0 aromatic heterocycles. The van der Waals surface area contributed by atoms with Gasteiger partial charge in [-0.25, -0.2) is 0 Å². The topological polar surface area (TPSA) is 170 Å². The summed E-state index contributed by atoms with van der Waals surface area (Å²) in [6, 6.07) is 0. The number of rotatable bonds is 10. The minimum atomic E-state index is -5.87. The van der Waals surface area contributed by atoms with E-state index >= 15 is 0 Å². The molecule has 0 aliphatic heterocycles. The minimum absolute atomic E-state index is 0.418. The number of alkyl halides is 3. The summed E-state index contributed by atoms with van der Waals surface area (Å²) in [5, 5.41) is 9.00. The molecule has 0 rings (SSSR count). The van der Waals surface area contributed by atoms with E-state index < -0.39 is 85.4 Å². The van der Waals surface area contributed by atoms with Crippen molar-refractivity contribution in [2.75, 3.05) is 12.7 Å². The second-order valence-corrected chi connectivity index (χ2v) is 22.1. The third-order valence-electron chi connectivity index (χ3n) is 3.17. The molecule has 13 nitrogen and oxygen atoms in total. The Morgan fingerprint density at radius 1 is 0.553 bits per heavy atom. The Morgan fingerprint density at radius 3 is 1.00 bits per heavy atom. The van der Waals surface area contributed by atoms with Crippen molar-refractivity contribution in [3.8, 4) is 0 Å². The summed E-state index contributed by atoms with van der Waals surface area (Å²) in [6.07, 6.45) is -1.95. The Balaban J connectivity index is -0.000000650. The number of aliphatic hydroxyl groups excluding tert-OH is 1. The Hall–Kier alpha value is -0.0200. The normalized spacial score (nSPS) is 14.5. The maximum absolute atomic E-state index is 12.4. The van der Waals surface area contributed by atoms with Crippen molar-refractivity contribution in [2.45, 2.75) is 164 Å². The molecular weight excluding hydrogens is 714 g/mol. The van der Waals surface area contributed by atoms with Gasteiger partial charge in [0.05, 0.1) is 22.4 Å². The number of aliphatic hydroxyl groups is 1. The fourth-order valence-corrected chi connectivity index (χ4v) is 8.25. The first kappa shape index (κ1) is 51.4.